The van der Waals surface area contributed by atoms with E-state index < -0.39 is 5.82 Å². The summed E-state index contributed by atoms with van der Waals surface area (Å²) in [5.41, 5.74) is 6.07. The summed E-state index contributed by atoms with van der Waals surface area (Å²) in [6, 6.07) is 4.46. The minimum atomic E-state index is -0.486. The van der Waals surface area contributed by atoms with Crippen molar-refractivity contribution >= 4 is 28.9 Å². The summed E-state index contributed by atoms with van der Waals surface area (Å²) in [6.07, 6.45) is 0.184. The van der Waals surface area contributed by atoms with Crippen LogP contribution in [-0.4, -0.2) is 24.6 Å². The van der Waals surface area contributed by atoms with Gasteiger partial charge in [0.2, 0.25) is 0 Å². The van der Waals surface area contributed by atoms with Crippen LogP contribution in [0.4, 0.5) is 10.1 Å². The molecule has 0 unspecified atom stereocenters. The van der Waals surface area contributed by atoms with E-state index >= 15 is 0 Å². The minimum Gasteiger partial charge on any atom is -0.469 e. The second-order valence-corrected chi connectivity index (χ2v) is 3.72. The molecular weight excluding hydrogens is 243 g/mol. The van der Waals surface area contributed by atoms with Crippen molar-refractivity contribution in [2.75, 3.05) is 19.0 Å². The van der Waals surface area contributed by atoms with E-state index in [4.69, 9.17) is 18.0 Å². The zero-order valence-electron chi connectivity index (χ0n) is 9.33. The van der Waals surface area contributed by atoms with E-state index in [0.717, 1.165) is 0 Å². The molecule has 0 fully saturated rings. The van der Waals surface area contributed by atoms with Gasteiger partial charge in [0.05, 0.1) is 19.1 Å². The Morgan fingerprint density at radius 1 is 1.59 bits per heavy atom. The third-order valence-electron chi connectivity index (χ3n) is 2.13. The van der Waals surface area contributed by atoms with Gasteiger partial charge in [-0.15, -0.1) is 0 Å². The molecule has 0 aliphatic carbocycles. The van der Waals surface area contributed by atoms with Crippen molar-refractivity contribution in [3.8, 4) is 0 Å². The number of nitrogens with two attached hydrogens (primary N) is 1. The first-order chi connectivity index (χ1) is 8.06. The number of nitrogens with one attached hydrogen (secondary N) is 1. The zero-order valence-corrected chi connectivity index (χ0v) is 10.1. The average Bonchev–Trinajstić information content (AvgIpc) is 2.28. The van der Waals surface area contributed by atoms with Gasteiger partial charge in [0, 0.05) is 12.2 Å². The van der Waals surface area contributed by atoms with Crippen molar-refractivity contribution in [3.05, 3.63) is 29.6 Å². The molecule has 3 N–H and O–H groups in total. The summed E-state index contributed by atoms with van der Waals surface area (Å²) in [5, 5.41) is 2.89. The predicted molar refractivity (Wildman–Crippen MR) is 67.4 cm³/mol. The number of anilines is 1. The van der Waals surface area contributed by atoms with Crippen LogP contribution in [0.1, 0.15) is 12.0 Å². The predicted octanol–water partition coefficient (Wildman–Crippen LogP) is 1.43. The van der Waals surface area contributed by atoms with E-state index in [1.165, 1.54) is 19.2 Å². The van der Waals surface area contributed by atoms with Gasteiger partial charge in [0.25, 0.3) is 0 Å². The molecule has 4 nitrogen and oxygen atoms in total. The van der Waals surface area contributed by atoms with Crippen LogP contribution in [0.3, 0.4) is 0 Å². The zero-order chi connectivity index (χ0) is 12.8. The summed E-state index contributed by atoms with van der Waals surface area (Å²) in [6.45, 7) is 0.325. The molecule has 0 aliphatic heterocycles. The number of ether oxygens (including phenoxy) is 1. The van der Waals surface area contributed by atoms with E-state index in [1.54, 1.807) is 6.07 Å². The molecule has 1 rings (SSSR count). The van der Waals surface area contributed by atoms with E-state index in [2.05, 4.69) is 10.1 Å². The van der Waals surface area contributed by atoms with Crippen LogP contribution in [0.15, 0.2) is 18.2 Å². The maximum atomic E-state index is 13.5. The lowest BCUT2D eigenvalue weighted by atomic mass is 10.1. The van der Waals surface area contributed by atoms with Crippen LogP contribution in [0.2, 0.25) is 0 Å². The molecule has 6 heteroatoms. The molecule has 0 atom stereocenters. The van der Waals surface area contributed by atoms with Crippen LogP contribution >= 0.6 is 12.2 Å². The highest BCUT2D eigenvalue weighted by atomic mass is 32.1. The third-order valence-corrected chi connectivity index (χ3v) is 2.34. The summed E-state index contributed by atoms with van der Waals surface area (Å²) < 4.78 is 17.9. The van der Waals surface area contributed by atoms with E-state index in [-0.39, 0.29) is 22.9 Å². The largest absolute Gasteiger partial charge is 0.469 e. The van der Waals surface area contributed by atoms with E-state index in [1.807, 2.05) is 0 Å². The second-order valence-electron chi connectivity index (χ2n) is 3.28. The molecule has 0 spiro atoms. The summed E-state index contributed by atoms with van der Waals surface area (Å²) in [4.78, 5) is 10.9. The van der Waals surface area contributed by atoms with Crippen LogP contribution in [0.5, 0.6) is 0 Å². The molecule has 0 saturated carbocycles. The molecule has 0 heterocycles. The SMILES string of the molecule is COC(=O)CCNc1cccc(F)c1C(N)=S. The second kappa shape index (κ2) is 6.15. The Morgan fingerprint density at radius 3 is 2.88 bits per heavy atom. The molecule has 0 aliphatic rings. The number of halogens is 1. The molecule has 0 amide bonds. The fraction of sp³-hybridized carbons (Fsp3) is 0.273. The van der Waals surface area contributed by atoms with Crippen molar-refractivity contribution in [1.29, 1.82) is 0 Å². The molecule has 1 aromatic rings. The lowest BCUT2D eigenvalue weighted by molar-refractivity contribution is -0.140. The molecule has 17 heavy (non-hydrogen) atoms. The van der Waals surface area contributed by atoms with Crippen molar-refractivity contribution in [2.45, 2.75) is 6.42 Å². The van der Waals surface area contributed by atoms with Gasteiger partial charge in [-0.1, -0.05) is 18.3 Å². The van der Waals surface area contributed by atoms with Crippen LogP contribution in [0, 0.1) is 5.82 Å². The quantitative estimate of drug-likeness (QED) is 0.616. The lowest BCUT2D eigenvalue weighted by Crippen LogP contribution is -2.17. The number of benzene rings is 1. The Labute approximate surface area is 104 Å². The molecular formula is C11H13FN2O2S. The number of carbonyl (C=O) groups excluding carboxylic acids is 1. The normalized spacial score (nSPS) is 9.76. The van der Waals surface area contributed by atoms with Crippen molar-refractivity contribution in [3.63, 3.8) is 0 Å². The van der Waals surface area contributed by atoms with E-state index in [0.29, 0.717) is 12.2 Å². The van der Waals surface area contributed by atoms with E-state index in [9.17, 15) is 9.18 Å². The highest BCUT2D eigenvalue weighted by Crippen LogP contribution is 2.18. The highest BCUT2D eigenvalue weighted by Gasteiger charge is 2.10. The first-order valence-corrected chi connectivity index (χ1v) is 5.36. The van der Waals surface area contributed by atoms with Gasteiger partial charge >= 0.3 is 5.97 Å². The Bertz CT molecular complexity index is 437. The molecule has 0 aromatic heterocycles. The van der Waals surface area contributed by atoms with Gasteiger partial charge in [0.1, 0.15) is 10.8 Å². The number of rotatable bonds is 5. The van der Waals surface area contributed by atoms with Crippen LogP contribution in [0.25, 0.3) is 0 Å². The minimum absolute atomic E-state index is 0.0244. The molecule has 92 valence electrons. The Kier molecular flexibility index (Phi) is 4.84. The Hall–Kier alpha value is -1.69. The number of esters is 1. The topological polar surface area (TPSA) is 64.3 Å². The first kappa shape index (κ1) is 13.4. The fourth-order valence-electron chi connectivity index (χ4n) is 1.32. The maximum Gasteiger partial charge on any atom is 0.307 e. The average molecular weight is 256 g/mol. The van der Waals surface area contributed by atoms with Gasteiger partial charge < -0.3 is 15.8 Å². The summed E-state index contributed by atoms with van der Waals surface area (Å²) in [5.74, 6) is -0.827. The Morgan fingerprint density at radius 2 is 2.29 bits per heavy atom. The standard InChI is InChI=1S/C11H13FN2O2S/c1-16-9(15)5-6-14-8-4-2-3-7(12)10(8)11(13)17/h2-4,14H,5-6H2,1H3,(H2,13,17). The Balaban J connectivity index is 2.74. The van der Waals surface area contributed by atoms with Gasteiger partial charge in [-0.2, -0.15) is 0 Å². The molecule has 0 radical (unpaired) electrons. The van der Waals surface area contributed by atoms with Gasteiger partial charge in [-0.25, -0.2) is 4.39 Å². The highest BCUT2D eigenvalue weighted by molar-refractivity contribution is 7.80. The monoisotopic (exact) mass is 256 g/mol. The van der Waals surface area contributed by atoms with Crippen LogP contribution in [-0.2, 0) is 9.53 Å². The number of carbonyl (C=O) groups is 1. The maximum absolute atomic E-state index is 13.5. The van der Waals surface area contributed by atoms with Crippen molar-refractivity contribution in [2.24, 2.45) is 5.73 Å². The number of methoxy groups -OCH3 is 1. The van der Waals surface area contributed by atoms with Crippen molar-refractivity contribution in [1.82, 2.24) is 0 Å². The third kappa shape index (κ3) is 3.67. The van der Waals surface area contributed by atoms with Gasteiger partial charge in [-0.05, 0) is 12.1 Å². The van der Waals surface area contributed by atoms with Crippen molar-refractivity contribution < 1.29 is 13.9 Å². The summed E-state index contributed by atoms with van der Waals surface area (Å²) in [7, 11) is 1.31. The molecule has 1 aromatic carbocycles. The number of thiocarbonyl (C=S) groups is 1. The van der Waals surface area contributed by atoms with Gasteiger partial charge in [0.15, 0.2) is 0 Å². The lowest BCUT2D eigenvalue weighted by Gasteiger charge is -2.11. The summed E-state index contributed by atoms with van der Waals surface area (Å²) >= 11 is 4.77. The number of hydrogen-bond acceptors (Lipinski definition) is 4. The number of hydrogen-bond donors (Lipinski definition) is 2. The molecule has 0 bridgehead atoms. The van der Waals surface area contributed by atoms with Crippen LogP contribution < -0.4 is 11.1 Å². The molecule has 0 saturated heterocycles. The fourth-order valence-corrected chi connectivity index (χ4v) is 1.53. The first-order valence-electron chi connectivity index (χ1n) is 4.95. The smallest absolute Gasteiger partial charge is 0.307 e. The van der Waals surface area contributed by atoms with Gasteiger partial charge in [-0.3, -0.25) is 4.79 Å².